The molecule has 0 unspecified atom stereocenters. The van der Waals surface area contributed by atoms with E-state index in [9.17, 15) is 13.6 Å². The van der Waals surface area contributed by atoms with Crippen molar-refractivity contribution < 1.29 is 28.2 Å². The Kier molecular flexibility index (Phi) is 11.0. The van der Waals surface area contributed by atoms with Gasteiger partial charge in [0.1, 0.15) is 17.4 Å². The highest BCUT2D eigenvalue weighted by molar-refractivity contribution is 6.35. The lowest BCUT2D eigenvalue weighted by atomic mass is 9.80. The number of carbonyl (C=O) groups excluding carboxylic acids is 1. The summed E-state index contributed by atoms with van der Waals surface area (Å²) in [6.07, 6.45) is -0.677. The number of azide groups is 1. The lowest BCUT2D eigenvalue weighted by Crippen LogP contribution is -2.50. The average Bonchev–Trinajstić information content (AvgIpc) is 3.45. The Hall–Kier alpha value is -4.67. The Morgan fingerprint density at radius 3 is 2.53 bits per heavy atom. The van der Waals surface area contributed by atoms with Crippen LogP contribution < -0.4 is 10.1 Å². The van der Waals surface area contributed by atoms with Crippen LogP contribution in [0.15, 0.2) is 95.0 Å². The normalized spacial score (nSPS) is 17.0. The van der Waals surface area contributed by atoms with Crippen LogP contribution in [0.4, 0.5) is 8.78 Å². The van der Waals surface area contributed by atoms with Crippen molar-refractivity contribution in [3.63, 3.8) is 0 Å². The topological polar surface area (TPSA) is 129 Å². The first-order valence-corrected chi connectivity index (χ1v) is 15.3. The zero-order valence-electron chi connectivity index (χ0n) is 24.9. The molecule has 0 aromatic heterocycles. The zero-order valence-corrected chi connectivity index (χ0v) is 26.4. The molecular weight excluding hydrogens is 651 g/mol. The lowest BCUT2D eigenvalue weighted by Gasteiger charge is -2.32. The molecule has 0 bridgehead atoms. The van der Waals surface area contributed by atoms with Crippen LogP contribution in [0.25, 0.3) is 10.4 Å². The molecule has 0 fully saturated rings. The second-order valence-electron chi connectivity index (χ2n) is 10.7. The standard InChI is InChI=1S/C34H29Cl2F2N5O4/c35-25-8-12-28(29(36)17-25)31-34(18-22-4-1-2-5-23(22)20-41-43-39,33(45)40-19-24-16-26(37)9-13-30(24)38)42-32(47-31)21-6-10-27(11-7-21)46-15-3-14-44/h1-2,4-13,16-17,31,44H,3,14-15,18-20H2,(H,40,45)/t31-,34-/m1/s1. The number of aliphatic hydroxyl groups excluding tert-OH is 1. The van der Waals surface area contributed by atoms with Crippen molar-refractivity contribution in [2.24, 2.45) is 10.1 Å². The number of benzene rings is 4. The van der Waals surface area contributed by atoms with E-state index in [1.807, 2.05) is 0 Å². The zero-order chi connectivity index (χ0) is 33.4. The third-order valence-corrected chi connectivity index (χ3v) is 8.17. The van der Waals surface area contributed by atoms with Gasteiger partial charge in [0.05, 0.1) is 13.2 Å². The summed E-state index contributed by atoms with van der Waals surface area (Å²) in [5.74, 6) is -1.30. The predicted molar refractivity (Wildman–Crippen MR) is 174 cm³/mol. The first-order valence-electron chi connectivity index (χ1n) is 14.6. The monoisotopic (exact) mass is 679 g/mol. The van der Waals surface area contributed by atoms with E-state index in [-0.39, 0.29) is 42.6 Å². The Morgan fingerprint density at radius 2 is 1.81 bits per heavy atom. The molecule has 0 saturated heterocycles. The Morgan fingerprint density at radius 1 is 1.04 bits per heavy atom. The molecule has 9 nitrogen and oxygen atoms in total. The van der Waals surface area contributed by atoms with Gasteiger partial charge in [-0.2, -0.15) is 0 Å². The van der Waals surface area contributed by atoms with E-state index in [2.05, 4.69) is 15.3 Å². The van der Waals surface area contributed by atoms with Crippen molar-refractivity contribution in [2.45, 2.75) is 37.6 Å². The first-order chi connectivity index (χ1) is 22.7. The van der Waals surface area contributed by atoms with Gasteiger partial charge in [0.15, 0.2) is 11.6 Å². The molecule has 2 atom stereocenters. The van der Waals surface area contributed by atoms with Gasteiger partial charge in [-0.1, -0.05) is 58.6 Å². The number of carbonyl (C=O) groups is 1. The summed E-state index contributed by atoms with van der Waals surface area (Å²) in [6, 6.07) is 21.8. The molecular formula is C34H29Cl2F2N5O4. The van der Waals surface area contributed by atoms with Crippen molar-refractivity contribution in [1.29, 1.82) is 0 Å². The van der Waals surface area contributed by atoms with Crippen LogP contribution in [0.1, 0.15) is 40.3 Å². The van der Waals surface area contributed by atoms with E-state index >= 15 is 0 Å². The number of nitrogens with one attached hydrogen (secondary N) is 1. The van der Waals surface area contributed by atoms with Gasteiger partial charge in [-0.05, 0) is 71.3 Å². The molecule has 1 aliphatic heterocycles. The Bertz CT molecular complexity index is 1840. The van der Waals surface area contributed by atoms with Crippen molar-refractivity contribution in [3.8, 4) is 5.75 Å². The number of ether oxygens (including phenoxy) is 2. The van der Waals surface area contributed by atoms with Gasteiger partial charge in [-0.3, -0.25) is 4.79 Å². The van der Waals surface area contributed by atoms with E-state index < -0.39 is 29.2 Å². The Balaban J connectivity index is 1.63. The number of aliphatic imine (C=N–C) groups is 1. The lowest BCUT2D eigenvalue weighted by molar-refractivity contribution is -0.129. The highest BCUT2D eigenvalue weighted by Crippen LogP contribution is 2.45. The summed E-state index contributed by atoms with van der Waals surface area (Å²) in [5, 5.41) is 16.1. The predicted octanol–water partition coefficient (Wildman–Crippen LogP) is 7.66. The first kappa shape index (κ1) is 33.7. The summed E-state index contributed by atoms with van der Waals surface area (Å²) in [6.45, 7) is 0.00497. The maximum atomic E-state index is 14.6. The highest BCUT2D eigenvalue weighted by Gasteiger charge is 2.54. The van der Waals surface area contributed by atoms with Crippen molar-refractivity contribution >= 4 is 35.0 Å². The molecule has 13 heteroatoms. The fourth-order valence-electron chi connectivity index (χ4n) is 5.26. The highest BCUT2D eigenvalue weighted by atomic mass is 35.5. The summed E-state index contributed by atoms with van der Waals surface area (Å²) in [7, 11) is 0. The van der Waals surface area contributed by atoms with Crippen molar-refractivity contribution in [2.75, 3.05) is 13.2 Å². The number of hydrogen-bond donors (Lipinski definition) is 2. The number of hydrogen-bond acceptors (Lipinski definition) is 6. The van der Waals surface area contributed by atoms with Crippen LogP contribution in [-0.4, -0.2) is 35.7 Å². The molecule has 0 radical (unpaired) electrons. The third-order valence-electron chi connectivity index (χ3n) is 7.60. The molecule has 1 amide bonds. The van der Waals surface area contributed by atoms with Crippen LogP contribution in [-0.2, 0) is 29.0 Å². The molecule has 0 saturated carbocycles. The van der Waals surface area contributed by atoms with Gasteiger partial charge in [-0.15, -0.1) is 0 Å². The number of amides is 1. The molecule has 2 N–H and O–H groups in total. The van der Waals surface area contributed by atoms with E-state index in [1.54, 1.807) is 60.7 Å². The SMILES string of the molecule is [N-]=[N+]=NCc1ccccc1C[C@@]1(C(=O)NCc2cc(F)ccc2F)N=C(c2ccc(OCCCO)cc2)O[C@@H]1c1ccc(Cl)cc1Cl. The summed E-state index contributed by atoms with van der Waals surface area (Å²) in [4.78, 5) is 22.3. The second kappa shape index (κ2) is 15.3. The summed E-state index contributed by atoms with van der Waals surface area (Å²) < 4.78 is 40.7. The van der Waals surface area contributed by atoms with Crippen molar-refractivity contribution in [1.82, 2.24) is 5.32 Å². The fourth-order valence-corrected chi connectivity index (χ4v) is 5.77. The molecule has 4 aromatic rings. The van der Waals surface area contributed by atoms with E-state index in [0.29, 0.717) is 46.1 Å². The number of nitrogens with zero attached hydrogens (tertiary/aromatic N) is 4. The molecule has 0 aliphatic carbocycles. The minimum absolute atomic E-state index is 0.000628. The van der Waals surface area contributed by atoms with Crippen LogP contribution in [0.5, 0.6) is 5.75 Å². The van der Waals surface area contributed by atoms with Crippen molar-refractivity contribution in [3.05, 3.63) is 145 Å². The maximum Gasteiger partial charge on any atom is 0.252 e. The van der Waals surface area contributed by atoms with E-state index in [0.717, 1.165) is 18.2 Å². The van der Waals surface area contributed by atoms with Crippen LogP contribution >= 0.6 is 23.2 Å². The average molecular weight is 681 g/mol. The molecule has 242 valence electrons. The maximum absolute atomic E-state index is 14.6. The van der Waals surface area contributed by atoms with Gasteiger partial charge in [-0.25, -0.2) is 13.8 Å². The molecule has 0 spiro atoms. The van der Waals surface area contributed by atoms with Crippen LogP contribution in [0, 0.1) is 11.6 Å². The van der Waals surface area contributed by atoms with Gasteiger partial charge in [0.25, 0.3) is 5.91 Å². The second-order valence-corrected chi connectivity index (χ2v) is 11.6. The van der Waals surface area contributed by atoms with Gasteiger partial charge in [0, 0.05) is 57.6 Å². The van der Waals surface area contributed by atoms with Gasteiger partial charge >= 0.3 is 0 Å². The van der Waals surface area contributed by atoms with E-state index in [1.165, 1.54) is 6.07 Å². The molecule has 1 aliphatic rings. The quantitative estimate of drug-likeness (QED) is 0.0650. The minimum atomic E-state index is -1.74. The molecule has 5 rings (SSSR count). The van der Waals surface area contributed by atoms with Gasteiger partial charge < -0.3 is 19.9 Å². The minimum Gasteiger partial charge on any atom is -0.494 e. The van der Waals surface area contributed by atoms with Gasteiger partial charge in [0.2, 0.25) is 5.90 Å². The van der Waals surface area contributed by atoms with Crippen LogP contribution in [0.2, 0.25) is 10.0 Å². The molecule has 1 heterocycles. The smallest absolute Gasteiger partial charge is 0.252 e. The molecule has 4 aromatic carbocycles. The third kappa shape index (κ3) is 7.84. The van der Waals surface area contributed by atoms with Crippen LogP contribution in [0.3, 0.4) is 0 Å². The number of aliphatic hydroxyl groups is 1. The van der Waals surface area contributed by atoms with E-state index in [4.69, 9.17) is 48.3 Å². The summed E-state index contributed by atoms with van der Waals surface area (Å²) >= 11 is 12.9. The Labute approximate surface area is 279 Å². The fraction of sp³-hybridized carbons (Fsp3) is 0.235. The molecule has 47 heavy (non-hydrogen) atoms. The summed E-state index contributed by atoms with van der Waals surface area (Å²) in [5.41, 5.74) is 9.44. The number of rotatable bonds is 13. The number of halogens is 4. The largest absolute Gasteiger partial charge is 0.494 e.